The van der Waals surface area contributed by atoms with Gasteiger partial charge in [0.25, 0.3) is 0 Å². The third kappa shape index (κ3) is 9.94. The first-order chi connectivity index (χ1) is 35.9. The Bertz CT molecular complexity index is 3460. The molecule has 370 valence electrons. The van der Waals surface area contributed by atoms with Gasteiger partial charge >= 0.3 is 22.4 Å². The second kappa shape index (κ2) is 19.8. The average Bonchev–Trinajstić information content (AvgIpc) is 3.42. The minimum atomic E-state index is -0.0810. The normalized spacial score (nSPS) is 12.5. The molecule has 8 heteroatoms. The molecule has 3 heterocycles. The maximum atomic E-state index is 6.94. The van der Waals surface area contributed by atoms with E-state index in [0.29, 0.717) is 34.3 Å². The van der Waals surface area contributed by atoms with Crippen molar-refractivity contribution in [2.75, 3.05) is 9.80 Å². The van der Waals surface area contributed by atoms with Crippen LogP contribution in [0.15, 0.2) is 206 Å². The van der Waals surface area contributed by atoms with E-state index in [0.717, 1.165) is 79.5 Å². The standard InChI is InChI=1S/C67H52N3O4.Au/c1-66(2,3)48-34-45(35-49(40-48)67(4,5)6)46-38-56(44-20-8-7-9-21-44)68-57(39-46)47-36-54(71-52-24-18-22-50(41-52)69-58-26-10-14-30-62(58)73-63-31-15-11-27-59(63)69)43-55(37-47)72-53-25-19-23-51(42-53)70-60-28-12-16-32-64(60)74-65-33-17-13-29-61(65)70;/h7-20,22-24,26-36,38-43H,1-6H3;/q-3;+3. The summed E-state index contributed by atoms with van der Waals surface area (Å²) in [4.78, 5) is 9.73. The van der Waals surface area contributed by atoms with E-state index in [-0.39, 0.29) is 33.2 Å². The number of hydrogen-bond donors (Lipinski definition) is 0. The van der Waals surface area contributed by atoms with E-state index >= 15 is 0 Å². The molecule has 0 amide bonds. The largest absolute Gasteiger partial charge is 3.00 e. The van der Waals surface area contributed by atoms with E-state index < -0.39 is 0 Å². The van der Waals surface area contributed by atoms with Crippen LogP contribution in [0.4, 0.5) is 34.1 Å². The summed E-state index contributed by atoms with van der Waals surface area (Å²) < 4.78 is 26.5. The summed E-state index contributed by atoms with van der Waals surface area (Å²) in [6, 6.07) is 79.7. The van der Waals surface area contributed by atoms with Gasteiger partial charge in [-0.15, -0.1) is 65.7 Å². The van der Waals surface area contributed by atoms with Crippen molar-refractivity contribution in [2.24, 2.45) is 0 Å². The number of aromatic nitrogens is 1. The van der Waals surface area contributed by atoms with Crippen molar-refractivity contribution in [2.45, 2.75) is 52.4 Å². The van der Waals surface area contributed by atoms with Crippen LogP contribution in [0.25, 0.3) is 33.6 Å². The van der Waals surface area contributed by atoms with Gasteiger partial charge in [0.15, 0.2) is 23.0 Å². The zero-order valence-electron chi connectivity index (χ0n) is 42.4. The maximum Gasteiger partial charge on any atom is 3.00 e. The van der Waals surface area contributed by atoms with Gasteiger partial charge in [-0.2, -0.15) is 6.07 Å². The van der Waals surface area contributed by atoms with E-state index in [4.69, 9.17) is 23.9 Å². The van der Waals surface area contributed by atoms with E-state index in [2.05, 4.69) is 130 Å². The van der Waals surface area contributed by atoms with Gasteiger partial charge in [0.2, 0.25) is 0 Å². The second-order valence-electron chi connectivity index (χ2n) is 20.7. The molecular weight excluding hydrogens is 1110 g/mol. The zero-order valence-corrected chi connectivity index (χ0v) is 44.6. The molecule has 0 spiro atoms. The van der Waals surface area contributed by atoms with Gasteiger partial charge in [0.05, 0.1) is 34.2 Å². The summed E-state index contributed by atoms with van der Waals surface area (Å²) in [5, 5.41) is 0. The molecule has 0 unspecified atom stereocenters. The molecule has 0 aliphatic carbocycles. The fourth-order valence-electron chi connectivity index (χ4n) is 9.49. The average molecular weight is 1160 g/mol. The van der Waals surface area contributed by atoms with Crippen molar-refractivity contribution in [3.05, 3.63) is 236 Å². The molecule has 12 rings (SSSR count). The fourth-order valence-corrected chi connectivity index (χ4v) is 9.49. The molecule has 2 aliphatic heterocycles. The molecule has 2 aliphatic rings. The van der Waals surface area contributed by atoms with E-state index in [1.165, 1.54) is 11.1 Å². The maximum absolute atomic E-state index is 6.94. The van der Waals surface area contributed by atoms with Crippen LogP contribution < -0.4 is 28.7 Å². The van der Waals surface area contributed by atoms with E-state index in [1.54, 1.807) is 0 Å². The Morgan fingerprint density at radius 3 is 1.48 bits per heavy atom. The number of anilines is 6. The van der Waals surface area contributed by atoms with Crippen molar-refractivity contribution >= 4 is 34.1 Å². The molecular formula is C67H52AuN3O4. The molecule has 1 aromatic heterocycles. The molecule has 7 nitrogen and oxygen atoms in total. The minimum absolute atomic E-state index is 0. The topological polar surface area (TPSA) is 56.3 Å². The van der Waals surface area contributed by atoms with Gasteiger partial charge in [-0.25, -0.2) is 0 Å². The molecule has 0 saturated carbocycles. The summed E-state index contributed by atoms with van der Waals surface area (Å²) in [5.74, 6) is 5.14. The third-order valence-corrected chi connectivity index (χ3v) is 13.3. The van der Waals surface area contributed by atoms with Crippen LogP contribution >= 0.6 is 0 Å². The first kappa shape index (κ1) is 48.9. The summed E-state index contributed by atoms with van der Waals surface area (Å²) in [6.45, 7) is 13.6. The Morgan fingerprint density at radius 2 is 0.933 bits per heavy atom. The first-order valence-electron chi connectivity index (χ1n) is 24.9. The second-order valence-corrected chi connectivity index (χ2v) is 20.7. The first-order valence-corrected chi connectivity index (χ1v) is 24.9. The number of para-hydroxylation sites is 8. The van der Waals surface area contributed by atoms with Crippen LogP contribution in [0, 0.1) is 18.2 Å². The van der Waals surface area contributed by atoms with Gasteiger partial charge in [0.1, 0.15) is 5.75 Å². The molecule has 0 atom stereocenters. The summed E-state index contributed by atoms with van der Waals surface area (Å²) in [7, 11) is 0. The van der Waals surface area contributed by atoms with E-state index in [1.807, 2.05) is 146 Å². The molecule has 0 bridgehead atoms. The van der Waals surface area contributed by atoms with Gasteiger partial charge < -0.3 is 33.7 Å². The molecule has 75 heavy (non-hydrogen) atoms. The van der Waals surface area contributed by atoms with Crippen molar-refractivity contribution < 1.29 is 41.3 Å². The summed E-state index contributed by atoms with van der Waals surface area (Å²) in [6.07, 6.45) is 0. The number of benzene rings is 9. The summed E-state index contributed by atoms with van der Waals surface area (Å²) >= 11 is 0. The van der Waals surface area contributed by atoms with Crippen molar-refractivity contribution in [1.29, 1.82) is 0 Å². The number of ether oxygens (including phenoxy) is 4. The van der Waals surface area contributed by atoms with Gasteiger partial charge in [-0.05, 0) is 105 Å². The van der Waals surface area contributed by atoms with Gasteiger partial charge in [-0.1, -0.05) is 144 Å². The van der Waals surface area contributed by atoms with Crippen molar-refractivity contribution in [3.8, 4) is 79.6 Å². The predicted molar refractivity (Wildman–Crippen MR) is 297 cm³/mol. The molecule has 0 saturated heterocycles. The molecule has 0 N–H and O–H groups in total. The number of hydrogen-bond acceptors (Lipinski definition) is 7. The summed E-state index contributed by atoms with van der Waals surface area (Å²) in [5.41, 5.74) is 13.0. The van der Waals surface area contributed by atoms with Crippen LogP contribution in [-0.2, 0) is 33.2 Å². The number of pyridine rings is 1. The third-order valence-electron chi connectivity index (χ3n) is 13.3. The molecule has 0 fully saturated rings. The number of rotatable bonds is 9. The van der Waals surface area contributed by atoms with Crippen LogP contribution in [0.5, 0.6) is 46.0 Å². The van der Waals surface area contributed by atoms with Crippen LogP contribution in [0.1, 0.15) is 52.7 Å². The van der Waals surface area contributed by atoms with Crippen LogP contribution in [0.2, 0.25) is 0 Å². The van der Waals surface area contributed by atoms with Gasteiger partial charge in [0, 0.05) is 17.6 Å². The van der Waals surface area contributed by atoms with Crippen LogP contribution in [-0.4, -0.2) is 4.98 Å². The Kier molecular flexibility index (Phi) is 12.9. The predicted octanol–water partition coefficient (Wildman–Crippen LogP) is 18.8. The quantitative estimate of drug-likeness (QED) is 0.105. The Hall–Kier alpha value is -8.33. The van der Waals surface area contributed by atoms with Crippen LogP contribution in [0.3, 0.4) is 0 Å². The fraction of sp³-hybridized carbons (Fsp3) is 0.119. The van der Waals surface area contributed by atoms with Crippen molar-refractivity contribution in [3.63, 3.8) is 0 Å². The Morgan fingerprint density at radius 1 is 0.413 bits per heavy atom. The SMILES string of the molecule is CC(C)(C)c1cc(-c2cc(-c3[c-]cccc3)nc(-c3[c-]c(Oc4[c-]ccc(N5c6ccccc6Oc6ccccc65)c4)cc(Oc4cccc(N5c6ccccc6Oc6ccccc65)c4)c3)c2)cc(C(C)(C)C)c1.[Au+3]. The Balaban J connectivity index is 0.00000602. The molecule has 9 aromatic carbocycles. The van der Waals surface area contributed by atoms with Crippen molar-refractivity contribution in [1.82, 2.24) is 4.98 Å². The van der Waals surface area contributed by atoms with Gasteiger partial charge in [-0.3, -0.25) is 0 Å². The minimum Gasteiger partial charge on any atom is -0.503 e. The Labute approximate surface area is 455 Å². The van der Waals surface area contributed by atoms with E-state index in [9.17, 15) is 0 Å². The monoisotopic (exact) mass is 1160 g/mol. The number of fused-ring (bicyclic) bond motifs is 4. The smallest absolute Gasteiger partial charge is 0.503 e. The zero-order chi connectivity index (χ0) is 50.6. The molecule has 10 aromatic rings. The molecule has 0 radical (unpaired) electrons. The number of nitrogens with zero attached hydrogens (tertiary/aromatic N) is 3.